The number of rotatable bonds is 5. The molecule has 1 aromatic heterocycles. The number of nitrogens with one attached hydrogen (secondary N) is 1. The first kappa shape index (κ1) is 22.4. The van der Waals surface area contributed by atoms with E-state index >= 15 is 0 Å². The van der Waals surface area contributed by atoms with Crippen molar-refractivity contribution in [1.29, 1.82) is 0 Å². The maximum Gasteiger partial charge on any atom is 0.243 e. The van der Waals surface area contributed by atoms with Crippen molar-refractivity contribution in [2.75, 3.05) is 30.9 Å². The van der Waals surface area contributed by atoms with Crippen LogP contribution < -0.4 is 10.2 Å². The molecule has 1 aliphatic rings. The zero-order chi connectivity index (χ0) is 23.4. The normalized spacial score (nSPS) is 15.4. The van der Waals surface area contributed by atoms with Gasteiger partial charge in [0.1, 0.15) is 0 Å². The van der Waals surface area contributed by atoms with Crippen LogP contribution in [0.1, 0.15) is 25.0 Å². The van der Waals surface area contributed by atoms with E-state index in [4.69, 9.17) is 0 Å². The molecule has 0 radical (unpaired) electrons. The van der Waals surface area contributed by atoms with Gasteiger partial charge in [-0.2, -0.15) is 4.31 Å². The van der Waals surface area contributed by atoms with Crippen molar-refractivity contribution >= 4 is 54.2 Å². The van der Waals surface area contributed by atoms with Crippen LogP contribution in [0.25, 0.3) is 10.2 Å². The Balaban J connectivity index is 1.52. The van der Waals surface area contributed by atoms with Gasteiger partial charge in [-0.1, -0.05) is 17.4 Å². The van der Waals surface area contributed by atoms with Crippen molar-refractivity contribution in [2.24, 2.45) is 0 Å². The molecule has 2 amide bonds. The summed E-state index contributed by atoms with van der Waals surface area (Å²) >= 11 is 1.34. The predicted molar refractivity (Wildman–Crippen MR) is 126 cm³/mol. The zero-order valence-electron chi connectivity index (χ0n) is 18.5. The van der Waals surface area contributed by atoms with Gasteiger partial charge in [0.2, 0.25) is 21.8 Å². The smallest absolute Gasteiger partial charge is 0.243 e. The van der Waals surface area contributed by atoms with E-state index in [2.05, 4.69) is 10.3 Å². The number of hydrogen-bond acceptors (Lipinski definition) is 6. The summed E-state index contributed by atoms with van der Waals surface area (Å²) < 4.78 is 28.2. The molecule has 0 saturated heterocycles. The van der Waals surface area contributed by atoms with Crippen molar-refractivity contribution in [3.8, 4) is 0 Å². The Morgan fingerprint density at radius 1 is 1.22 bits per heavy atom. The van der Waals surface area contributed by atoms with E-state index in [0.29, 0.717) is 16.4 Å². The van der Waals surface area contributed by atoms with Gasteiger partial charge in [-0.3, -0.25) is 9.59 Å². The summed E-state index contributed by atoms with van der Waals surface area (Å²) in [7, 11) is -0.914. The highest BCUT2D eigenvalue weighted by molar-refractivity contribution is 7.89. The lowest BCUT2D eigenvalue weighted by atomic mass is 9.86. The van der Waals surface area contributed by atoms with Crippen LogP contribution in [0.2, 0.25) is 0 Å². The molecule has 1 aliphatic heterocycles. The molecule has 32 heavy (non-hydrogen) atoms. The molecule has 0 atom stereocenters. The van der Waals surface area contributed by atoms with Crippen molar-refractivity contribution in [3.05, 3.63) is 47.5 Å². The highest BCUT2D eigenvalue weighted by atomic mass is 32.2. The minimum Gasteiger partial charge on any atom is -0.314 e. The Bertz CT molecular complexity index is 1360. The third kappa shape index (κ3) is 3.68. The molecule has 2 aromatic carbocycles. The second-order valence-corrected chi connectivity index (χ2v) is 11.5. The number of thiazole rings is 1. The molecular weight excluding hydrogens is 448 g/mol. The molecule has 10 heteroatoms. The molecule has 168 valence electrons. The number of aromatic nitrogens is 1. The maximum absolute atomic E-state index is 13.1. The number of likely N-dealkylation sites (N-methyl/N-ethyl adjacent to an activating group) is 2. The first-order chi connectivity index (χ1) is 14.9. The van der Waals surface area contributed by atoms with Crippen LogP contribution in [-0.4, -0.2) is 50.2 Å². The summed E-state index contributed by atoms with van der Waals surface area (Å²) in [6.07, 6.45) is 0. The van der Waals surface area contributed by atoms with Crippen LogP contribution in [-0.2, 0) is 25.0 Å². The van der Waals surface area contributed by atoms with E-state index in [9.17, 15) is 18.0 Å². The van der Waals surface area contributed by atoms with Crippen LogP contribution in [0.4, 0.5) is 10.8 Å². The quantitative estimate of drug-likeness (QED) is 0.615. The largest absolute Gasteiger partial charge is 0.314 e. The third-order valence-electron chi connectivity index (χ3n) is 5.71. The summed E-state index contributed by atoms with van der Waals surface area (Å²) in [5, 5.41) is 3.10. The Morgan fingerprint density at radius 2 is 1.94 bits per heavy atom. The number of benzene rings is 2. The molecule has 8 nitrogen and oxygen atoms in total. The van der Waals surface area contributed by atoms with Crippen molar-refractivity contribution in [3.63, 3.8) is 0 Å². The van der Waals surface area contributed by atoms with Gasteiger partial charge in [0.15, 0.2) is 5.13 Å². The highest BCUT2D eigenvalue weighted by Gasteiger charge is 2.43. The van der Waals surface area contributed by atoms with E-state index in [1.54, 1.807) is 27.0 Å². The van der Waals surface area contributed by atoms with E-state index in [0.717, 1.165) is 20.1 Å². The number of carbonyl (C=O) groups is 2. The van der Waals surface area contributed by atoms with Crippen LogP contribution in [0.5, 0.6) is 0 Å². The van der Waals surface area contributed by atoms with Crippen LogP contribution in [0.3, 0.4) is 0 Å². The Morgan fingerprint density at radius 3 is 2.66 bits per heavy atom. The fraction of sp³-hybridized carbons (Fsp3) is 0.318. The Kier molecular flexibility index (Phi) is 5.35. The van der Waals surface area contributed by atoms with Crippen molar-refractivity contribution in [2.45, 2.75) is 31.1 Å². The summed E-state index contributed by atoms with van der Waals surface area (Å²) in [5.41, 5.74) is 2.38. The van der Waals surface area contributed by atoms with E-state index in [1.165, 1.54) is 35.4 Å². The third-order valence-corrected chi connectivity index (χ3v) is 8.44. The molecule has 0 spiro atoms. The molecule has 0 bridgehead atoms. The Hall–Kier alpha value is -2.82. The lowest BCUT2D eigenvalue weighted by Gasteiger charge is -2.19. The fourth-order valence-electron chi connectivity index (χ4n) is 3.82. The number of hydrogen-bond donors (Lipinski definition) is 1. The fourth-order valence-corrected chi connectivity index (χ4v) is 5.96. The first-order valence-corrected chi connectivity index (χ1v) is 12.2. The van der Waals surface area contributed by atoms with Crippen LogP contribution in [0.15, 0.2) is 41.3 Å². The average molecular weight is 473 g/mol. The van der Waals surface area contributed by atoms with Gasteiger partial charge >= 0.3 is 0 Å². The van der Waals surface area contributed by atoms with E-state index < -0.39 is 21.3 Å². The number of carbonyl (C=O) groups excluding carboxylic acids is 2. The molecular formula is C22H24N4O4S2. The van der Waals surface area contributed by atoms with Gasteiger partial charge in [0.05, 0.1) is 27.1 Å². The van der Waals surface area contributed by atoms with Gasteiger partial charge < -0.3 is 10.2 Å². The van der Waals surface area contributed by atoms with Gasteiger partial charge in [-0.15, -0.1) is 0 Å². The SMILES string of the molecule is Cc1ccc2nc(NC(=O)CN(C)S(=O)(=O)c3ccc4c(c3)C(C)(C)C(=O)N4C)sc2c1. The summed E-state index contributed by atoms with van der Waals surface area (Å²) in [5.74, 6) is -0.580. The van der Waals surface area contributed by atoms with Gasteiger partial charge in [-0.05, 0) is 62.2 Å². The van der Waals surface area contributed by atoms with Gasteiger partial charge in [-0.25, -0.2) is 13.4 Å². The maximum atomic E-state index is 13.1. The number of fused-ring (bicyclic) bond motifs is 2. The lowest BCUT2D eigenvalue weighted by Crippen LogP contribution is -2.35. The van der Waals surface area contributed by atoms with Crippen LogP contribution in [0, 0.1) is 6.92 Å². The predicted octanol–water partition coefficient (Wildman–Crippen LogP) is 3.12. The molecule has 2 heterocycles. The molecule has 0 aliphatic carbocycles. The molecule has 0 fully saturated rings. The van der Waals surface area contributed by atoms with E-state index in [-0.39, 0.29) is 17.3 Å². The summed E-state index contributed by atoms with van der Waals surface area (Å²) in [6.45, 7) is 5.15. The number of sulfonamides is 1. The van der Waals surface area contributed by atoms with Crippen molar-refractivity contribution < 1.29 is 18.0 Å². The molecule has 4 rings (SSSR count). The van der Waals surface area contributed by atoms with Gasteiger partial charge in [0.25, 0.3) is 0 Å². The van der Waals surface area contributed by atoms with Gasteiger partial charge in [0, 0.05) is 19.8 Å². The van der Waals surface area contributed by atoms with E-state index in [1.807, 2.05) is 25.1 Å². The number of amides is 2. The first-order valence-electron chi connectivity index (χ1n) is 9.97. The lowest BCUT2D eigenvalue weighted by molar-refractivity contribution is -0.121. The standard InChI is InChI=1S/C22H24N4O4S2/c1-13-6-8-16-18(10-13)31-21(23-16)24-19(27)12-25(4)32(29,30)14-7-9-17-15(11-14)22(2,3)20(28)26(17)5/h6-11H,12H2,1-5H3,(H,23,24,27). The highest BCUT2D eigenvalue weighted by Crippen LogP contribution is 2.41. The summed E-state index contributed by atoms with van der Waals surface area (Å²) in [4.78, 5) is 31.0. The van der Waals surface area contributed by atoms with Crippen molar-refractivity contribution in [1.82, 2.24) is 9.29 Å². The minimum atomic E-state index is -3.94. The summed E-state index contributed by atoms with van der Waals surface area (Å²) in [6, 6.07) is 10.4. The monoisotopic (exact) mass is 472 g/mol. The second-order valence-electron chi connectivity index (χ2n) is 8.47. The average Bonchev–Trinajstić information content (AvgIpc) is 3.19. The molecule has 0 unspecified atom stereocenters. The number of nitrogens with zero attached hydrogens (tertiary/aromatic N) is 3. The molecule has 1 N–H and O–H groups in total. The zero-order valence-corrected chi connectivity index (χ0v) is 20.1. The minimum absolute atomic E-state index is 0.0400. The topological polar surface area (TPSA) is 99.7 Å². The molecule has 0 saturated carbocycles. The second kappa shape index (κ2) is 7.65. The van der Waals surface area contributed by atoms with Crippen LogP contribution >= 0.6 is 11.3 Å². The Labute approximate surface area is 190 Å². The molecule has 3 aromatic rings. The number of aryl methyl sites for hydroxylation is 1. The number of anilines is 2.